The minimum absolute atomic E-state index is 0.439. The van der Waals surface area contributed by atoms with Crippen LogP contribution in [0.2, 0.25) is 0 Å². The van der Waals surface area contributed by atoms with E-state index < -0.39 is 0 Å². The molecule has 6 aromatic rings. The lowest BCUT2D eigenvalue weighted by Crippen LogP contribution is -2.08. The number of hydrogen-bond donors (Lipinski definition) is 0. The van der Waals surface area contributed by atoms with E-state index in [-0.39, 0.29) is 0 Å². The van der Waals surface area contributed by atoms with Gasteiger partial charge in [-0.3, -0.25) is 0 Å². The summed E-state index contributed by atoms with van der Waals surface area (Å²) in [5.41, 5.74) is 15.7. The summed E-state index contributed by atoms with van der Waals surface area (Å²) in [7, 11) is 0. The number of allylic oxidation sites excluding steroid dienone is 8. The predicted octanol–water partition coefficient (Wildman–Crippen LogP) is 11.4. The maximum Gasteiger partial charge on any atom is 0.0972 e. The quantitative estimate of drug-likeness (QED) is 0.186. The molecular formula is C46H36N2. The lowest BCUT2D eigenvalue weighted by molar-refractivity contribution is 0.764. The molecule has 0 spiro atoms. The van der Waals surface area contributed by atoms with E-state index in [9.17, 15) is 0 Å². The summed E-state index contributed by atoms with van der Waals surface area (Å²) in [4.78, 5) is 10.9. The molecule has 0 saturated carbocycles. The van der Waals surface area contributed by atoms with Crippen molar-refractivity contribution in [2.75, 3.05) is 0 Å². The smallest absolute Gasteiger partial charge is 0.0972 e. The molecule has 1 aromatic heterocycles. The van der Waals surface area contributed by atoms with Gasteiger partial charge in [0, 0.05) is 29.4 Å². The van der Waals surface area contributed by atoms with Crippen molar-refractivity contribution in [2.24, 2.45) is 0 Å². The van der Waals surface area contributed by atoms with E-state index in [2.05, 4.69) is 159 Å². The van der Waals surface area contributed by atoms with E-state index >= 15 is 0 Å². The van der Waals surface area contributed by atoms with Crippen LogP contribution in [0.5, 0.6) is 0 Å². The molecule has 0 fully saturated rings. The van der Waals surface area contributed by atoms with E-state index in [0.717, 1.165) is 53.2 Å². The number of aromatic nitrogens is 2. The van der Waals surface area contributed by atoms with Gasteiger partial charge in [-0.2, -0.15) is 0 Å². The first-order valence-electron chi connectivity index (χ1n) is 17.1. The van der Waals surface area contributed by atoms with Crippen LogP contribution >= 0.6 is 0 Å². The summed E-state index contributed by atoms with van der Waals surface area (Å²) in [6.07, 6.45) is 16.5. The molecule has 3 aliphatic carbocycles. The van der Waals surface area contributed by atoms with Crippen LogP contribution in [0.15, 0.2) is 152 Å². The Balaban J connectivity index is 1.18. The molecule has 0 aliphatic heterocycles. The third-order valence-electron chi connectivity index (χ3n) is 10.4. The Hall–Kier alpha value is -5.60. The first kappa shape index (κ1) is 28.6. The van der Waals surface area contributed by atoms with Gasteiger partial charge in [-0.15, -0.1) is 0 Å². The van der Waals surface area contributed by atoms with E-state index in [1.165, 1.54) is 49.7 Å². The van der Waals surface area contributed by atoms with Crippen LogP contribution < -0.4 is 0 Å². The van der Waals surface area contributed by atoms with E-state index in [1.807, 2.05) is 0 Å². The van der Waals surface area contributed by atoms with Crippen LogP contribution in [-0.4, -0.2) is 9.97 Å². The maximum atomic E-state index is 5.50. The van der Waals surface area contributed by atoms with Gasteiger partial charge < -0.3 is 0 Å². The molecule has 2 atom stereocenters. The minimum atomic E-state index is 0.439. The van der Waals surface area contributed by atoms with Crippen molar-refractivity contribution in [1.82, 2.24) is 9.97 Å². The second-order valence-electron chi connectivity index (χ2n) is 13.2. The van der Waals surface area contributed by atoms with Crippen molar-refractivity contribution in [3.8, 4) is 22.5 Å². The zero-order valence-corrected chi connectivity index (χ0v) is 27.1. The molecule has 48 heavy (non-hydrogen) atoms. The first-order chi connectivity index (χ1) is 23.7. The Morgan fingerprint density at radius 2 is 1.21 bits per heavy atom. The third-order valence-corrected chi connectivity index (χ3v) is 10.4. The van der Waals surface area contributed by atoms with Gasteiger partial charge >= 0.3 is 0 Å². The highest BCUT2D eigenvalue weighted by atomic mass is 14.9. The van der Waals surface area contributed by atoms with Gasteiger partial charge in [-0.1, -0.05) is 152 Å². The van der Waals surface area contributed by atoms with Crippen LogP contribution in [0, 0.1) is 6.92 Å². The molecular weight excluding hydrogens is 581 g/mol. The minimum Gasteiger partial charge on any atom is -0.248 e. The van der Waals surface area contributed by atoms with Gasteiger partial charge in [0.15, 0.2) is 0 Å². The van der Waals surface area contributed by atoms with Gasteiger partial charge in [0.25, 0.3) is 0 Å². The van der Waals surface area contributed by atoms with Crippen molar-refractivity contribution < 1.29 is 0 Å². The lowest BCUT2D eigenvalue weighted by atomic mass is 9.85. The van der Waals surface area contributed by atoms with Gasteiger partial charge in [0.2, 0.25) is 0 Å². The molecule has 0 radical (unpaired) electrons. The summed E-state index contributed by atoms with van der Waals surface area (Å²) in [6, 6.07) is 41.1. The monoisotopic (exact) mass is 616 g/mol. The molecule has 230 valence electrons. The fourth-order valence-corrected chi connectivity index (χ4v) is 8.07. The Morgan fingerprint density at radius 3 is 1.90 bits per heavy atom. The van der Waals surface area contributed by atoms with Crippen LogP contribution in [0.4, 0.5) is 0 Å². The van der Waals surface area contributed by atoms with Crippen molar-refractivity contribution in [3.05, 3.63) is 191 Å². The number of fused-ring (bicyclic) bond motifs is 3. The lowest BCUT2D eigenvalue weighted by Gasteiger charge is -2.21. The predicted molar refractivity (Wildman–Crippen MR) is 200 cm³/mol. The van der Waals surface area contributed by atoms with Gasteiger partial charge in [0.05, 0.1) is 22.8 Å². The number of benzene rings is 5. The zero-order chi connectivity index (χ0) is 32.0. The SMILES string of the molecule is Cc1ccc2c(C3=CC=C(c4nc(-c5ccccc5)c(-c5ccccc5)nc4Cc4ccccc4)CC3)ccc3c2c1C1C=CC=CC31. The molecule has 0 bridgehead atoms. The number of nitrogens with zero attached hydrogens (tertiary/aromatic N) is 2. The van der Waals surface area contributed by atoms with E-state index in [0.29, 0.717) is 11.8 Å². The number of aryl methyl sites for hydroxylation is 1. The standard InChI is InChI=1S/C46H36N2/c1-30-21-26-39-36(27-28-40-37-19-11-12-20-38(37)42(30)43(39)40)32-22-24-35(25-23-32)44-41(29-31-13-5-2-6-14-31)47-45(33-15-7-3-8-16-33)46(48-44)34-17-9-4-10-18-34/h2-22,24,26-28,37-38H,23,25,29H2,1H3. The molecule has 1 heterocycles. The Bertz CT molecular complexity index is 2310. The van der Waals surface area contributed by atoms with Gasteiger partial charge in [-0.05, 0) is 69.5 Å². The van der Waals surface area contributed by atoms with Crippen molar-refractivity contribution in [1.29, 1.82) is 0 Å². The summed E-state index contributed by atoms with van der Waals surface area (Å²) >= 11 is 0. The summed E-state index contributed by atoms with van der Waals surface area (Å²) in [5.74, 6) is 0.879. The molecule has 9 rings (SSSR count). The van der Waals surface area contributed by atoms with E-state index in [4.69, 9.17) is 9.97 Å². The molecule has 5 aromatic carbocycles. The fourth-order valence-electron chi connectivity index (χ4n) is 8.07. The van der Waals surface area contributed by atoms with Crippen LogP contribution in [0.1, 0.15) is 63.9 Å². The number of rotatable bonds is 6. The summed E-state index contributed by atoms with van der Waals surface area (Å²) in [5, 5.41) is 2.85. The van der Waals surface area contributed by atoms with E-state index in [1.54, 1.807) is 0 Å². The largest absolute Gasteiger partial charge is 0.248 e. The normalized spacial score (nSPS) is 17.7. The van der Waals surface area contributed by atoms with Crippen molar-refractivity contribution in [3.63, 3.8) is 0 Å². The van der Waals surface area contributed by atoms with Gasteiger partial charge in [0.1, 0.15) is 0 Å². The molecule has 0 amide bonds. The molecule has 0 saturated heterocycles. The summed E-state index contributed by atoms with van der Waals surface area (Å²) in [6.45, 7) is 2.27. The third kappa shape index (κ3) is 4.88. The molecule has 0 N–H and O–H groups in total. The van der Waals surface area contributed by atoms with Crippen molar-refractivity contribution >= 4 is 21.9 Å². The summed E-state index contributed by atoms with van der Waals surface area (Å²) < 4.78 is 0. The maximum absolute atomic E-state index is 5.50. The first-order valence-corrected chi connectivity index (χ1v) is 17.1. The second kappa shape index (κ2) is 11.9. The topological polar surface area (TPSA) is 25.8 Å². The molecule has 2 heteroatoms. The average Bonchev–Trinajstić information content (AvgIpc) is 3.50. The Morgan fingerprint density at radius 1 is 0.583 bits per heavy atom. The van der Waals surface area contributed by atoms with Crippen LogP contribution in [0.25, 0.3) is 44.4 Å². The highest BCUT2D eigenvalue weighted by molar-refractivity contribution is 6.02. The van der Waals surface area contributed by atoms with Crippen LogP contribution in [-0.2, 0) is 6.42 Å². The zero-order valence-electron chi connectivity index (χ0n) is 27.1. The molecule has 3 aliphatic rings. The molecule has 2 unspecified atom stereocenters. The highest BCUT2D eigenvalue weighted by Crippen LogP contribution is 2.52. The highest BCUT2D eigenvalue weighted by Gasteiger charge is 2.34. The van der Waals surface area contributed by atoms with Crippen LogP contribution in [0.3, 0.4) is 0 Å². The molecule has 2 nitrogen and oxygen atoms in total. The second-order valence-corrected chi connectivity index (χ2v) is 13.2. The Kier molecular flexibility index (Phi) is 7.08. The van der Waals surface area contributed by atoms with Crippen molar-refractivity contribution in [2.45, 2.75) is 38.0 Å². The average molecular weight is 617 g/mol. The fraction of sp³-hybridized carbons (Fsp3) is 0.130. The Labute approximate surface area is 282 Å². The number of hydrogen-bond acceptors (Lipinski definition) is 2. The van der Waals surface area contributed by atoms with Gasteiger partial charge in [-0.25, -0.2) is 9.97 Å².